The average Bonchev–Trinajstić information content (AvgIpc) is 3.67. The van der Waals surface area contributed by atoms with E-state index in [0.29, 0.717) is 41.2 Å². The third-order valence-corrected chi connectivity index (χ3v) is 10.1. The maximum atomic E-state index is 13.4. The molecule has 0 radical (unpaired) electrons. The van der Waals surface area contributed by atoms with E-state index in [1.165, 1.54) is 44.2 Å². The molecule has 1 aromatic carbocycles. The van der Waals surface area contributed by atoms with Crippen LogP contribution in [0.4, 0.5) is 8.78 Å². The number of likely N-dealkylation sites (tertiary alicyclic amines) is 1. The summed E-state index contributed by atoms with van der Waals surface area (Å²) in [6.45, 7) is 7.84. The molecule has 1 atom stereocenters. The van der Waals surface area contributed by atoms with Gasteiger partial charge in [-0.3, -0.25) is 14.4 Å². The van der Waals surface area contributed by atoms with E-state index < -0.39 is 25.5 Å². The van der Waals surface area contributed by atoms with Gasteiger partial charge < -0.3 is 39.8 Å². The highest BCUT2D eigenvalue weighted by atomic mass is 32.1. The van der Waals surface area contributed by atoms with E-state index in [2.05, 4.69) is 9.80 Å². The minimum absolute atomic E-state index is 0.253. The normalized spacial score (nSPS) is 20.8. The van der Waals surface area contributed by atoms with Crippen molar-refractivity contribution >= 4 is 54.3 Å². The third-order valence-electron chi connectivity index (χ3n) is 8.22. The van der Waals surface area contributed by atoms with Crippen molar-refractivity contribution in [3.8, 4) is 0 Å². The van der Waals surface area contributed by atoms with Crippen LogP contribution in [0.15, 0.2) is 24.3 Å². The molecule has 0 aliphatic carbocycles. The van der Waals surface area contributed by atoms with Gasteiger partial charge in [0.05, 0.1) is 24.0 Å². The number of morpholine rings is 1. The number of alkyl halides is 2. The Morgan fingerprint density at radius 3 is 2.33 bits per heavy atom. The highest BCUT2D eigenvalue weighted by Crippen LogP contribution is 2.53. The van der Waals surface area contributed by atoms with Gasteiger partial charge >= 0.3 is 5.66 Å². The van der Waals surface area contributed by atoms with Crippen molar-refractivity contribution in [2.24, 2.45) is 11.7 Å². The van der Waals surface area contributed by atoms with Gasteiger partial charge in [-0.2, -0.15) is 8.78 Å². The molecule has 1 aromatic heterocycles. The molecule has 15 heteroatoms. The van der Waals surface area contributed by atoms with Gasteiger partial charge in [0.25, 0.3) is 5.91 Å². The molecule has 3 amide bonds. The van der Waals surface area contributed by atoms with Crippen molar-refractivity contribution < 1.29 is 42.5 Å². The summed E-state index contributed by atoms with van der Waals surface area (Å²) in [7, 11) is -1.36. The van der Waals surface area contributed by atoms with E-state index >= 15 is 0 Å². The van der Waals surface area contributed by atoms with Crippen LogP contribution in [0.25, 0.3) is 10.1 Å². The summed E-state index contributed by atoms with van der Waals surface area (Å²) >= 11 is 1.09. The first-order valence-corrected chi connectivity index (χ1v) is 17.1. The van der Waals surface area contributed by atoms with E-state index in [0.717, 1.165) is 69.0 Å². The van der Waals surface area contributed by atoms with E-state index in [1.54, 1.807) is 0 Å². The number of rotatable bonds is 4. The van der Waals surface area contributed by atoms with Crippen molar-refractivity contribution in [3.63, 3.8) is 0 Å². The number of nitrogens with two attached hydrogens (primary N) is 1. The van der Waals surface area contributed by atoms with Crippen molar-refractivity contribution in [1.82, 2.24) is 14.7 Å². The van der Waals surface area contributed by atoms with Gasteiger partial charge in [-0.25, -0.2) is 0 Å². The number of thiophene rings is 1. The van der Waals surface area contributed by atoms with Crippen LogP contribution in [0.1, 0.15) is 60.2 Å². The van der Waals surface area contributed by atoms with Crippen LogP contribution < -0.4 is 5.73 Å². The molecule has 5 heterocycles. The topological polar surface area (TPSA) is 154 Å². The number of halogens is 2. The molecule has 6 rings (SSSR count). The van der Waals surface area contributed by atoms with Gasteiger partial charge in [0.2, 0.25) is 20.2 Å². The molecule has 4 aliphatic rings. The fourth-order valence-corrected chi connectivity index (χ4v) is 7.07. The lowest BCUT2D eigenvalue weighted by atomic mass is 9.99. The van der Waals surface area contributed by atoms with Crippen LogP contribution in [0.3, 0.4) is 0 Å². The summed E-state index contributed by atoms with van der Waals surface area (Å²) in [5.74, 6) is 0.359. The molecule has 4 aliphatic heterocycles. The van der Waals surface area contributed by atoms with Crippen molar-refractivity contribution in [2.45, 2.75) is 56.7 Å². The van der Waals surface area contributed by atoms with Crippen molar-refractivity contribution in [1.29, 1.82) is 0 Å². The predicted molar refractivity (Wildman–Crippen MR) is 169 cm³/mol. The predicted octanol–water partition coefficient (Wildman–Crippen LogP) is 3.51. The first-order valence-electron chi connectivity index (χ1n) is 15.0. The van der Waals surface area contributed by atoms with Crippen LogP contribution in [0, 0.1) is 5.92 Å². The summed E-state index contributed by atoms with van der Waals surface area (Å²) in [5, 5.41) is 0.419. The Morgan fingerprint density at radius 2 is 1.71 bits per heavy atom. The summed E-state index contributed by atoms with van der Waals surface area (Å²) in [6.07, 6.45) is 8.25. The molecule has 45 heavy (non-hydrogen) atoms. The van der Waals surface area contributed by atoms with E-state index in [9.17, 15) is 23.2 Å². The summed E-state index contributed by atoms with van der Waals surface area (Å²) in [6, 6.07) is 5.64. The van der Waals surface area contributed by atoms with E-state index in [1.807, 2.05) is 18.7 Å². The Hall–Kier alpha value is -2.61. The smallest absolute Gasteiger partial charge is 0.339 e. The molecule has 4 saturated heterocycles. The summed E-state index contributed by atoms with van der Waals surface area (Å²) in [4.78, 5) is 66.2. The fraction of sp³-hybridized carbons (Fsp3) is 0.600. The van der Waals surface area contributed by atoms with Crippen LogP contribution >= 0.6 is 19.7 Å². The van der Waals surface area contributed by atoms with Crippen LogP contribution in [-0.2, 0) is 24.8 Å². The Bertz CT molecular complexity index is 1290. The fourth-order valence-electron chi connectivity index (χ4n) is 5.81. The molecular formula is C30H43F2N4O7PS. The van der Waals surface area contributed by atoms with Gasteiger partial charge in [-0.1, -0.05) is 18.9 Å². The largest absolute Gasteiger partial charge is 0.378 e. The Balaban J connectivity index is 0.000000183. The first-order chi connectivity index (χ1) is 21.5. The van der Waals surface area contributed by atoms with Gasteiger partial charge in [-0.15, -0.1) is 11.3 Å². The zero-order valence-corrected chi connectivity index (χ0v) is 27.2. The van der Waals surface area contributed by atoms with Gasteiger partial charge in [0.15, 0.2) is 0 Å². The molecule has 1 unspecified atom stereocenters. The average molecular weight is 673 g/mol. The number of hydrogen-bond donors (Lipinski definition) is 3. The van der Waals surface area contributed by atoms with E-state index in [4.69, 9.17) is 25.1 Å². The van der Waals surface area contributed by atoms with Crippen molar-refractivity contribution in [2.75, 3.05) is 53.0 Å². The number of carbonyl (C=O) groups excluding carboxylic acids is 4. The monoisotopic (exact) mass is 672 g/mol. The molecular weight excluding hydrogens is 629 g/mol. The second-order valence-electron chi connectivity index (χ2n) is 11.4. The minimum atomic E-state index is -3.70. The number of benzene rings is 1. The molecule has 4 fully saturated rings. The molecule has 0 spiro atoms. The number of carbonyl (C=O) groups is 4. The quantitative estimate of drug-likeness (QED) is 0.418. The third kappa shape index (κ3) is 9.94. The standard InChI is InChI=1S/C10H8F2NO3PS.C10H17NO.C9H16N2O2.CH2O/c11-10(12,17(15)16)6-1-2-7-5(3-6)4-8(18-7)9(13)14;12-10-7-3-1-2-5-9-6-4-8-11(9)10;1-10-6-8(7-10)9(12)11-2-4-13-5-3-11;1-2/h1-4,15-16H,(H2,13,14);9H,1-8H2;8H,2-7H2,1H3;1H2. The number of amides is 3. The Labute approximate surface area is 267 Å². The second-order valence-corrected chi connectivity index (χ2v) is 13.6. The SMILES string of the molecule is C=O.CN1CC(C(=O)N2CCOCC2)C1.NC(=O)c1cc2cc(C(F)(F)P(O)O)ccc2s1.O=C1CCCCCC2CCCN12. The number of hydrogen-bond acceptors (Lipinski definition) is 9. The van der Waals surface area contributed by atoms with E-state index in [-0.39, 0.29) is 10.8 Å². The van der Waals surface area contributed by atoms with Gasteiger partial charge in [0, 0.05) is 55.4 Å². The lowest BCUT2D eigenvalue weighted by Crippen LogP contribution is -2.54. The zero-order chi connectivity index (χ0) is 33.1. The van der Waals surface area contributed by atoms with Crippen molar-refractivity contribution in [3.05, 3.63) is 34.7 Å². The molecule has 2 aromatic rings. The van der Waals surface area contributed by atoms with Crippen LogP contribution in [-0.4, -0.2) is 108 Å². The summed E-state index contributed by atoms with van der Waals surface area (Å²) < 4.78 is 32.7. The van der Waals surface area contributed by atoms with Crippen LogP contribution in [0.2, 0.25) is 0 Å². The number of nitrogens with zero attached hydrogens (tertiary/aromatic N) is 3. The maximum Gasteiger partial charge on any atom is 0.339 e. The highest BCUT2D eigenvalue weighted by molar-refractivity contribution is 7.46. The molecule has 0 bridgehead atoms. The molecule has 0 saturated carbocycles. The minimum Gasteiger partial charge on any atom is -0.378 e. The molecule has 11 nitrogen and oxygen atoms in total. The number of fused-ring (bicyclic) bond motifs is 2. The Morgan fingerprint density at radius 1 is 1.04 bits per heavy atom. The van der Waals surface area contributed by atoms with Gasteiger partial charge in [0.1, 0.15) is 6.79 Å². The molecule has 250 valence electrons. The van der Waals surface area contributed by atoms with Crippen LogP contribution in [0.5, 0.6) is 0 Å². The lowest BCUT2D eigenvalue weighted by molar-refractivity contribution is -0.144. The summed E-state index contributed by atoms with van der Waals surface area (Å²) in [5.41, 5.74) is 0.900. The Kier molecular flexibility index (Phi) is 14.2. The van der Waals surface area contributed by atoms with Gasteiger partial charge in [-0.05, 0) is 56.3 Å². The number of ether oxygens (including phenoxy) is 1. The number of primary amides is 1. The zero-order valence-electron chi connectivity index (χ0n) is 25.5. The second kappa shape index (κ2) is 17.3. The lowest BCUT2D eigenvalue weighted by Gasteiger charge is -2.39. The first kappa shape index (κ1) is 36.9. The highest BCUT2D eigenvalue weighted by Gasteiger charge is 2.41. The molecule has 4 N–H and O–H groups in total. The maximum absolute atomic E-state index is 13.4.